The maximum atomic E-state index is 13.4. The van der Waals surface area contributed by atoms with Gasteiger partial charge in [0.1, 0.15) is 17.5 Å². The molecule has 0 aliphatic rings. The number of aromatic nitrogens is 1. The lowest BCUT2D eigenvalue weighted by atomic mass is 10.0. The van der Waals surface area contributed by atoms with Crippen LogP contribution < -0.4 is 10.2 Å². The third kappa shape index (κ3) is 5.52. The number of esters is 1. The molecule has 0 fully saturated rings. The standard InChI is InChI=1S/C31H20BrClN4O3/c1-18-6-4-7-19(14-18)31(39)40-26-13-12-22(32)15-21(26)17-35-37-30(38)29-27(23-9-2-3-11-25(23)33)24-10-5-8-20(16-34)28(24)36-29/h2-15,17,36H,1H3,(H,37,38). The fourth-order valence-corrected chi connectivity index (χ4v) is 4.89. The summed E-state index contributed by atoms with van der Waals surface area (Å²) in [7, 11) is 0. The van der Waals surface area contributed by atoms with Crippen LogP contribution in [0.3, 0.4) is 0 Å². The van der Waals surface area contributed by atoms with Gasteiger partial charge in [0.15, 0.2) is 0 Å². The number of hydrazone groups is 1. The number of nitrogens with one attached hydrogen (secondary N) is 2. The molecule has 0 atom stereocenters. The van der Waals surface area contributed by atoms with Gasteiger partial charge in [-0.2, -0.15) is 10.4 Å². The Labute approximate surface area is 243 Å². The molecule has 9 heteroatoms. The minimum absolute atomic E-state index is 0.197. The summed E-state index contributed by atoms with van der Waals surface area (Å²) in [4.78, 5) is 29.2. The summed E-state index contributed by atoms with van der Waals surface area (Å²) in [5.74, 6) is -0.784. The maximum absolute atomic E-state index is 13.4. The summed E-state index contributed by atoms with van der Waals surface area (Å²) in [6, 6.07) is 26.7. The molecule has 4 aromatic carbocycles. The molecule has 0 spiro atoms. The molecule has 1 aromatic heterocycles. The number of aromatic amines is 1. The number of nitriles is 1. The Hall–Kier alpha value is -4.71. The molecule has 5 aromatic rings. The Morgan fingerprint density at radius 3 is 2.62 bits per heavy atom. The van der Waals surface area contributed by atoms with E-state index in [1.54, 1.807) is 66.7 Å². The number of benzene rings is 4. The third-order valence-corrected chi connectivity index (χ3v) is 6.95. The van der Waals surface area contributed by atoms with Crippen LogP contribution in [-0.2, 0) is 0 Å². The molecule has 0 saturated carbocycles. The average molecular weight is 612 g/mol. The number of para-hydroxylation sites is 1. The number of halogens is 2. The molecule has 2 N–H and O–H groups in total. The van der Waals surface area contributed by atoms with Gasteiger partial charge < -0.3 is 9.72 Å². The normalized spacial score (nSPS) is 10.9. The number of ether oxygens (including phenoxy) is 1. The molecule has 0 saturated heterocycles. The van der Waals surface area contributed by atoms with Gasteiger partial charge in [0, 0.05) is 31.6 Å². The van der Waals surface area contributed by atoms with E-state index in [4.69, 9.17) is 16.3 Å². The third-order valence-electron chi connectivity index (χ3n) is 6.12. The number of carbonyl (C=O) groups is 2. The van der Waals surface area contributed by atoms with Crippen LogP contribution in [0.4, 0.5) is 0 Å². The second-order valence-electron chi connectivity index (χ2n) is 8.84. The molecule has 1 heterocycles. The molecule has 0 unspecified atom stereocenters. The van der Waals surface area contributed by atoms with Gasteiger partial charge in [0.25, 0.3) is 5.91 Å². The zero-order chi connectivity index (χ0) is 28.2. The molecule has 1 amide bonds. The second kappa shape index (κ2) is 11.6. The van der Waals surface area contributed by atoms with Crippen molar-refractivity contribution in [3.8, 4) is 22.9 Å². The molecule has 0 radical (unpaired) electrons. The van der Waals surface area contributed by atoms with Crippen LogP contribution in [0, 0.1) is 18.3 Å². The van der Waals surface area contributed by atoms with Gasteiger partial charge in [-0.05, 0) is 49.4 Å². The van der Waals surface area contributed by atoms with Gasteiger partial charge in [-0.15, -0.1) is 0 Å². The monoisotopic (exact) mass is 610 g/mol. The number of nitrogens with zero attached hydrogens (tertiary/aromatic N) is 2. The summed E-state index contributed by atoms with van der Waals surface area (Å²) in [5, 5.41) is 14.9. The van der Waals surface area contributed by atoms with Gasteiger partial charge in [0.2, 0.25) is 0 Å². The van der Waals surface area contributed by atoms with Crippen LogP contribution in [0.25, 0.3) is 22.0 Å². The van der Waals surface area contributed by atoms with Crippen LogP contribution in [0.1, 0.15) is 37.5 Å². The van der Waals surface area contributed by atoms with E-state index in [1.165, 1.54) is 6.21 Å². The van der Waals surface area contributed by atoms with Crippen molar-refractivity contribution < 1.29 is 14.3 Å². The van der Waals surface area contributed by atoms with Crippen LogP contribution >= 0.6 is 27.5 Å². The first-order valence-corrected chi connectivity index (χ1v) is 13.2. The first-order chi connectivity index (χ1) is 19.4. The Morgan fingerprint density at radius 1 is 1.05 bits per heavy atom. The number of carbonyl (C=O) groups excluding carboxylic acids is 2. The Bertz CT molecular complexity index is 1860. The Morgan fingerprint density at radius 2 is 1.85 bits per heavy atom. The SMILES string of the molecule is Cc1cccc(C(=O)Oc2ccc(Br)cc2C=NNC(=O)c2[nH]c3c(C#N)cccc3c2-c2ccccc2Cl)c1. The van der Waals surface area contributed by atoms with E-state index in [2.05, 4.69) is 37.5 Å². The van der Waals surface area contributed by atoms with Crippen molar-refractivity contribution in [1.29, 1.82) is 5.26 Å². The van der Waals surface area contributed by atoms with Crippen molar-refractivity contribution in [2.24, 2.45) is 5.10 Å². The van der Waals surface area contributed by atoms with Crippen molar-refractivity contribution in [2.45, 2.75) is 6.92 Å². The van der Waals surface area contributed by atoms with Crippen LogP contribution in [0.15, 0.2) is 94.5 Å². The molecule has 0 aliphatic heterocycles. The first kappa shape index (κ1) is 26.9. The molecular formula is C31H20BrClN4O3. The summed E-state index contributed by atoms with van der Waals surface area (Å²) < 4.78 is 6.36. The van der Waals surface area contributed by atoms with Crippen molar-refractivity contribution in [3.05, 3.63) is 122 Å². The summed E-state index contributed by atoms with van der Waals surface area (Å²) in [6.45, 7) is 1.89. The van der Waals surface area contributed by atoms with Crippen LogP contribution in [0.5, 0.6) is 5.75 Å². The Balaban J connectivity index is 1.46. The van der Waals surface area contributed by atoms with Crippen molar-refractivity contribution in [1.82, 2.24) is 10.4 Å². The Kier molecular flexibility index (Phi) is 7.78. The molecule has 0 bridgehead atoms. The lowest BCUT2D eigenvalue weighted by Gasteiger charge is -2.09. The van der Waals surface area contributed by atoms with E-state index >= 15 is 0 Å². The van der Waals surface area contributed by atoms with Crippen molar-refractivity contribution >= 4 is 56.5 Å². The quantitative estimate of drug-likeness (QED) is 0.0902. The number of fused-ring (bicyclic) bond motifs is 1. The van der Waals surface area contributed by atoms with Gasteiger partial charge >= 0.3 is 5.97 Å². The number of amides is 1. The van der Waals surface area contributed by atoms with E-state index in [0.717, 1.165) is 10.0 Å². The van der Waals surface area contributed by atoms with Gasteiger partial charge in [-0.1, -0.05) is 75.6 Å². The van der Waals surface area contributed by atoms with E-state index in [1.807, 2.05) is 25.1 Å². The fourth-order valence-electron chi connectivity index (χ4n) is 4.28. The van der Waals surface area contributed by atoms with Gasteiger partial charge in [0.05, 0.1) is 22.9 Å². The van der Waals surface area contributed by atoms with Crippen LogP contribution in [-0.4, -0.2) is 23.1 Å². The second-order valence-corrected chi connectivity index (χ2v) is 10.2. The number of rotatable bonds is 6. The molecule has 7 nitrogen and oxygen atoms in total. The number of hydrogen-bond acceptors (Lipinski definition) is 5. The molecule has 196 valence electrons. The largest absolute Gasteiger partial charge is 0.422 e. The zero-order valence-corrected chi connectivity index (χ0v) is 23.4. The first-order valence-electron chi connectivity index (χ1n) is 12.1. The van der Waals surface area contributed by atoms with Crippen molar-refractivity contribution in [3.63, 3.8) is 0 Å². The zero-order valence-electron chi connectivity index (χ0n) is 21.0. The number of hydrogen-bond donors (Lipinski definition) is 2. The number of H-pyrrole nitrogens is 1. The van der Waals surface area contributed by atoms with Gasteiger partial charge in [-0.3, -0.25) is 4.79 Å². The smallest absolute Gasteiger partial charge is 0.343 e. The predicted molar refractivity (Wildman–Crippen MR) is 159 cm³/mol. The summed E-state index contributed by atoms with van der Waals surface area (Å²) >= 11 is 9.91. The summed E-state index contributed by atoms with van der Waals surface area (Å²) in [5.41, 5.74) is 6.65. The predicted octanol–water partition coefficient (Wildman–Crippen LogP) is 7.41. The highest BCUT2D eigenvalue weighted by atomic mass is 79.9. The van der Waals surface area contributed by atoms with Crippen molar-refractivity contribution in [2.75, 3.05) is 0 Å². The number of aryl methyl sites for hydroxylation is 1. The molecular weight excluding hydrogens is 592 g/mol. The fraction of sp³-hybridized carbons (Fsp3) is 0.0323. The average Bonchev–Trinajstić information content (AvgIpc) is 3.34. The lowest BCUT2D eigenvalue weighted by molar-refractivity contribution is 0.0734. The van der Waals surface area contributed by atoms with E-state index in [0.29, 0.717) is 43.7 Å². The lowest BCUT2D eigenvalue weighted by Crippen LogP contribution is -2.19. The van der Waals surface area contributed by atoms with Gasteiger partial charge in [-0.25, -0.2) is 10.2 Å². The highest BCUT2D eigenvalue weighted by Crippen LogP contribution is 2.37. The van der Waals surface area contributed by atoms with E-state index < -0.39 is 11.9 Å². The van der Waals surface area contributed by atoms with Crippen LogP contribution in [0.2, 0.25) is 5.02 Å². The molecule has 5 rings (SSSR count). The topological polar surface area (TPSA) is 107 Å². The molecule has 40 heavy (non-hydrogen) atoms. The highest BCUT2D eigenvalue weighted by molar-refractivity contribution is 9.10. The summed E-state index contributed by atoms with van der Waals surface area (Å²) in [6.07, 6.45) is 1.39. The van der Waals surface area contributed by atoms with E-state index in [9.17, 15) is 14.9 Å². The molecule has 0 aliphatic carbocycles. The maximum Gasteiger partial charge on any atom is 0.343 e. The highest BCUT2D eigenvalue weighted by Gasteiger charge is 2.22. The minimum atomic E-state index is -0.542. The van der Waals surface area contributed by atoms with E-state index in [-0.39, 0.29) is 11.4 Å². The minimum Gasteiger partial charge on any atom is -0.422 e.